The van der Waals surface area contributed by atoms with Crippen LogP contribution in [0.3, 0.4) is 0 Å². The maximum atomic E-state index is 11.4. The molecular weight excluding hydrogens is 225 g/mol. The number of hydrogen-bond acceptors (Lipinski definition) is 3. The van der Waals surface area contributed by atoms with Crippen LogP contribution in [0, 0.1) is 11.3 Å². The van der Waals surface area contributed by atoms with Gasteiger partial charge in [0, 0.05) is 11.5 Å². The van der Waals surface area contributed by atoms with E-state index in [1.807, 2.05) is 41.0 Å². The van der Waals surface area contributed by atoms with Crippen molar-refractivity contribution in [3.8, 4) is 0 Å². The molecule has 5 heteroatoms. The summed E-state index contributed by atoms with van der Waals surface area (Å²) in [5.74, 6) is 0.0515. The van der Waals surface area contributed by atoms with E-state index in [1.165, 1.54) is 11.9 Å². The molecule has 1 unspecified atom stereocenters. The van der Waals surface area contributed by atoms with Crippen molar-refractivity contribution in [1.29, 1.82) is 0 Å². The van der Waals surface area contributed by atoms with Crippen molar-refractivity contribution in [2.24, 2.45) is 17.1 Å². The SMILES string of the molecule is CC(=O)C(C)C(C)(C)C(C)(C)N(C)[C-]=O.CN.[Be+2].[H-]. The minimum Gasteiger partial charge on any atom is -1.00 e. The van der Waals surface area contributed by atoms with Crippen molar-refractivity contribution in [3.05, 3.63) is 0 Å². The molecule has 1 amide bonds. The van der Waals surface area contributed by atoms with E-state index < -0.39 is 5.54 Å². The number of nitrogens with zero attached hydrogens (tertiary/aromatic N) is 1. The molecule has 0 heterocycles. The second kappa shape index (κ2) is 8.38. The van der Waals surface area contributed by atoms with E-state index in [0.717, 1.165) is 0 Å². The minimum atomic E-state index is -0.403. The first-order chi connectivity index (χ1) is 7.59. The zero-order valence-electron chi connectivity index (χ0n) is 14.1. The Hall–Kier alpha value is -0.731. The van der Waals surface area contributed by atoms with Gasteiger partial charge in [0.15, 0.2) is 0 Å². The van der Waals surface area contributed by atoms with E-state index >= 15 is 0 Å². The van der Waals surface area contributed by atoms with Crippen LogP contribution >= 0.6 is 0 Å². The Bertz CT molecular complexity index is 271. The summed E-state index contributed by atoms with van der Waals surface area (Å²) in [4.78, 5) is 23.6. The van der Waals surface area contributed by atoms with Crippen LogP contribution in [-0.2, 0) is 9.59 Å². The molecule has 1 atom stereocenters. The second-order valence-corrected chi connectivity index (χ2v) is 5.26. The molecule has 0 saturated carbocycles. The standard InChI is InChI=1S/C12H22NO2.CH5N.Be.H/c1-9(10(2)15)11(3,4)12(5,6)13(7)8-14;1-2;;/h9H,1-7H3;2H2,1H3;;/q-1;;+2;-1. The Labute approximate surface area is 117 Å². The predicted molar refractivity (Wildman–Crippen MR) is 78.1 cm³/mol. The Morgan fingerprint density at radius 3 is 1.83 bits per heavy atom. The van der Waals surface area contributed by atoms with Crippen LogP contribution in [0.5, 0.6) is 0 Å². The summed E-state index contributed by atoms with van der Waals surface area (Å²) in [6.45, 7) is 11.4. The van der Waals surface area contributed by atoms with Gasteiger partial charge >= 0.3 is 10.1 Å². The van der Waals surface area contributed by atoms with Gasteiger partial charge in [-0.1, -0.05) is 20.8 Å². The molecule has 0 spiro atoms. The number of ketones is 1. The molecule has 18 heavy (non-hydrogen) atoms. The molecule has 0 aliphatic heterocycles. The van der Waals surface area contributed by atoms with Gasteiger partial charge in [0.1, 0.15) is 5.78 Å². The van der Waals surface area contributed by atoms with Crippen LogP contribution < -0.4 is 5.73 Å². The third-order valence-corrected chi connectivity index (χ3v) is 4.24. The first kappa shape index (κ1) is 22.4. The van der Waals surface area contributed by atoms with E-state index in [2.05, 4.69) is 5.73 Å². The Morgan fingerprint density at radius 1 is 1.28 bits per heavy atom. The third kappa shape index (κ3) is 4.51. The van der Waals surface area contributed by atoms with Gasteiger partial charge in [0.2, 0.25) is 0 Å². The molecule has 2 N–H and O–H groups in total. The normalized spacial score (nSPS) is 12.5. The van der Waals surface area contributed by atoms with Crippen LogP contribution in [-0.4, -0.2) is 46.8 Å². The van der Waals surface area contributed by atoms with Crippen LogP contribution in [0.4, 0.5) is 0 Å². The number of carbonyl (C=O) groups is 1. The van der Waals surface area contributed by atoms with E-state index in [-0.39, 0.29) is 28.7 Å². The second-order valence-electron chi connectivity index (χ2n) is 5.26. The summed E-state index contributed by atoms with van der Waals surface area (Å²) in [6, 6.07) is 0. The van der Waals surface area contributed by atoms with Gasteiger partial charge in [0.25, 0.3) is 0 Å². The summed E-state index contributed by atoms with van der Waals surface area (Å²) in [5.41, 5.74) is 3.81. The third-order valence-electron chi connectivity index (χ3n) is 4.24. The Morgan fingerprint density at radius 2 is 1.61 bits per heavy atom. The predicted octanol–water partition coefficient (Wildman–Crippen LogP) is 1.32. The summed E-state index contributed by atoms with van der Waals surface area (Å²) >= 11 is 0. The molecular formula is C13H28BeN2O2. The number of carbonyl (C=O) groups excluding carboxylic acids is 2. The van der Waals surface area contributed by atoms with Crippen LogP contribution in [0.1, 0.15) is 43.0 Å². The smallest absolute Gasteiger partial charge is 1.00 e. The number of Topliss-reactive ketones (excluding diaryl/α,β-unsaturated/α-hetero) is 1. The monoisotopic (exact) mass is 253 g/mol. The molecule has 0 saturated heterocycles. The van der Waals surface area contributed by atoms with Crippen molar-refractivity contribution < 1.29 is 11.0 Å². The van der Waals surface area contributed by atoms with Crippen molar-refractivity contribution in [3.63, 3.8) is 0 Å². The van der Waals surface area contributed by atoms with Crippen LogP contribution in [0.15, 0.2) is 0 Å². The van der Waals surface area contributed by atoms with Gasteiger partial charge in [-0.3, -0.25) is 4.79 Å². The summed E-state index contributed by atoms with van der Waals surface area (Å²) in [7, 11) is 3.20. The molecule has 0 aromatic rings. The molecule has 0 radical (unpaired) electrons. The van der Waals surface area contributed by atoms with Gasteiger partial charge < -0.3 is 16.9 Å². The maximum absolute atomic E-state index is 11.4. The van der Waals surface area contributed by atoms with Gasteiger partial charge in [-0.2, -0.15) is 6.41 Å². The molecule has 0 bridgehead atoms. The first-order valence-corrected chi connectivity index (χ1v) is 5.78. The van der Waals surface area contributed by atoms with Crippen molar-refractivity contribution in [1.82, 2.24) is 4.90 Å². The average molecular weight is 253 g/mol. The summed E-state index contributed by atoms with van der Waals surface area (Å²) in [5, 5.41) is 0. The largest absolute Gasteiger partial charge is 2.00 e. The number of rotatable bonds is 5. The number of nitrogens with two attached hydrogens (primary N) is 1. The molecule has 0 aliphatic carbocycles. The fourth-order valence-electron chi connectivity index (χ4n) is 1.58. The zero-order chi connectivity index (χ0) is 14.4. The molecule has 0 rings (SSSR count). The van der Waals surface area contributed by atoms with Gasteiger partial charge in [0.05, 0.1) is 0 Å². The molecule has 4 nitrogen and oxygen atoms in total. The van der Waals surface area contributed by atoms with Crippen LogP contribution in [0.2, 0.25) is 0 Å². The van der Waals surface area contributed by atoms with Gasteiger partial charge in [-0.15, -0.1) is 0 Å². The average Bonchev–Trinajstić information content (AvgIpc) is 2.28. The maximum Gasteiger partial charge on any atom is 2.00 e. The Balaban J connectivity index is -0.000000267. The molecule has 0 aromatic heterocycles. The number of amides is 1. The van der Waals surface area contributed by atoms with E-state index in [4.69, 9.17) is 0 Å². The van der Waals surface area contributed by atoms with E-state index in [9.17, 15) is 9.59 Å². The van der Waals surface area contributed by atoms with Gasteiger partial charge in [-0.05, 0) is 40.3 Å². The first-order valence-electron chi connectivity index (χ1n) is 5.78. The van der Waals surface area contributed by atoms with E-state index in [0.29, 0.717) is 0 Å². The fourth-order valence-corrected chi connectivity index (χ4v) is 1.58. The summed E-state index contributed by atoms with van der Waals surface area (Å²) < 4.78 is 0. The fraction of sp³-hybridized carbons (Fsp3) is 0.846. The summed E-state index contributed by atoms with van der Waals surface area (Å²) in [6.07, 6.45) is 1.88. The molecule has 0 aromatic carbocycles. The molecule has 0 fully saturated rings. The van der Waals surface area contributed by atoms with Crippen molar-refractivity contribution >= 4 is 22.3 Å². The number of hydrogen-bond donors (Lipinski definition) is 1. The van der Waals surface area contributed by atoms with Crippen molar-refractivity contribution in [2.75, 3.05) is 14.1 Å². The minimum absolute atomic E-state index is 0. The Kier molecular flexibility index (Phi) is 10.5. The molecule has 104 valence electrons. The van der Waals surface area contributed by atoms with Crippen molar-refractivity contribution in [2.45, 2.75) is 47.1 Å². The zero-order valence-corrected chi connectivity index (χ0v) is 13.1. The molecule has 0 aliphatic rings. The van der Waals surface area contributed by atoms with Crippen LogP contribution in [0.25, 0.3) is 0 Å². The quantitative estimate of drug-likeness (QED) is 0.456. The topological polar surface area (TPSA) is 63.4 Å². The van der Waals surface area contributed by atoms with E-state index in [1.54, 1.807) is 14.0 Å². The van der Waals surface area contributed by atoms with Gasteiger partial charge in [-0.25, -0.2) is 0 Å².